The van der Waals surface area contributed by atoms with E-state index in [1.54, 1.807) is 25.2 Å². The first-order chi connectivity index (χ1) is 8.07. The maximum absolute atomic E-state index is 11.7. The van der Waals surface area contributed by atoms with Crippen LogP contribution in [-0.4, -0.2) is 40.1 Å². The van der Waals surface area contributed by atoms with Crippen LogP contribution in [0.1, 0.15) is 13.3 Å². The first-order valence-electron chi connectivity index (χ1n) is 5.23. The monoisotopic (exact) mass is 236 g/mol. The normalized spacial score (nSPS) is 26.6. The summed E-state index contributed by atoms with van der Waals surface area (Å²) < 4.78 is 4.70. The number of amidine groups is 1. The predicted octanol–water partition coefficient (Wildman–Crippen LogP) is -0.0476. The number of carbonyl (C=O) groups excluding carboxylic acids is 2. The van der Waals surface area contributed by atoms with Gasteiger partial charge in [0.2, 0.25) is 5.91 Å². The van der Waals surface area contributed by atoms with Crippen LogP contribution in [0.25, 0.3) is 0 Å². The van der Waals surface area contributed by atoms with Crippen LogP contribution in [0.3, 0.4) is 0 Å². The van der Waals surface area contributed by atoms with Crippen LogP contribution in [0.4, 0.5) is 0 Å². The maximum atomic E-state index is 11.7. The van der Waals surface area contributed by atoms with Crippen molar-refractivity contribution in [3.63, 3.8) is 0 Å². The van der Waals surface area contributed by atoms with Gasteiger partial charge in [-0.3, -0.25) is 9.69 Å². The molecule has 6 nitrogen and oxygen atoms in total. The Labute approximate surface area is 97.9 Å². The summed E-state index contributed by atoms with van der Waals surface area (Å²) in [5.74, 6) is -1.06. The van der Waals surface area contributed by atoms with E-state index in [-0.39, 0.29) is 12.4 Å². The van der Waals surface area contributed by atoms with Crippen LogP contribution in [0.2, 0.25) is 0 Å². The number of aliphatic imine (C=N–C) groups is 1. The van der Waals surface area contributed by atoms with Gasteiger partial charge in [-0.15, -0.1) is 0 Å². The van der Waals surface area contributed by atoms with Crippen molar-refractivity contribution in [2.45, 2.75) is 19.1 Å². The van der Waals surface area contributed by atoms with Crippen molar-refractivity contribution in [1.29, 1.82) is 0 Å². The van der Waals surface area contributed by atoms with E-state index in [9.17, 15) is 14.7 Å². The van der Waals surface area contributed by atoms with E-state index >= 15 is 0 Å². The molecule has 1 amide bonds. The Morgan fingerprint density at radius 1 is 1.65 bits per heavy atom. The minimum Gasteiger partial charge on any atom is -0.462 e. The second-order valence-electron chi connectivity index (χ2n) is 3.65. The van der Waals surface area contributed by atoms with Crippen LogP contribution in [0, 0.1) is 0 Å². The molecule has 2 aliphatic heterocycles. The van der Waals surface area contributed by atoms with Crippen molar-refractivity contribution in [3.8, 4) is 0 Å². The molecule has 0 saturated carbocycles. The van der Waals surface area contributed by atoms with E-state index in [2.05, 4.69) is 4.99 Å². The summed E-state index contributed by atoms with van der Waals surface area (Å²) >= 11 is 0. The summed E-state index contributed by atoms with van der Waals surface area (Å²) in [7, 11) is 0. The van der Waals surface area contributed by atoms with Gasteiger partial charge >= 0.3 is 5.97 Å². The average molecular weight is 236 g/mol. The van der Waals surface area contributed by atoms with E-state index in [1.165, 1.54) is 11.1 Å². The fraction of sp³-hybridized carbons (Fsp3) is 0.364. The first-order valence-corrected chi connectivity index (χ1v) is 5.23. The van der Waals surface area contributed by atoms with Gasteiger partial charge in [-0.05, 0) is 19.1 Å². The van der Waals surface area contributed by atoms with E-state index in [0.29, 0.717) is 0 Å². The van der Waals surface area contributed by atoms with Gasteiger partial charge in [0.1, 0.15) is 5.84 Å². The van der Waals surface area contributed by atoms with E-state index < -0.39 is 24.0 Å². The third kappa shape index (κ3) is 1.99. The van der Waals surface area contributed by atoms with Crippen LogP contribution in [-0.2, 0) is 14.3 Å². The Balaban J connectivity index is 2.33. The molecule has 0 aromatic rings. The minimum absolute atomic E-state index is 0.125. The van der Waals surface area contributed by atoms with E-state index in [0.717, 1.165) is 0 Å². The highest BCUT2D eigenvalue weighted by atomic mass is 16.6. The summed E-state index contributed by atoms with van der Waals surface area (Å²) in [6.07, 6.45) is 6.01. The second kappa shape index (κ2) is 4.14. The topological polar surface area (TPSA) is 79.2 Å². The molecule has 1 unspecified atom stereocenters. The standard InChI is InChI=1S/C11H12N2O4/c1-2-17-10(15)11(16)7-9(14)13-6-4-3-5-8(13)12-11/h3-6,16H,2,7H2,1H3. The van der Waals surface area contributed by atoms with E-state index in [1.807, 2.05) is 0 Å². The fourth-order valence-corrected chi connectivity index (χ4v) is 1.63. The van der Waals surface area contributed by atoms with Crippen molar-refractivity contribution in [2.75, 3.05) is 6.61 Å². The highest BCUT2D eigenvalue weighted by molar-refractivity contribution is 6.10. The van der Waals surface area contributed by atoms with Crippen LogP contribution in [0.5, 0.6) is 0 Å². The van der Waals surface area contributed by atoms with Crippen molar-refractivity contribution >= 4 is 17.7 Å². The molecule has 0 bridgehead atoms. The lowest BCUT2D eigenvalue weighted by atomic mass is 10.1. The largest absolute Gasteiger partial charge is 0.462 e. The summed E-state index contributed by atoms with van der Waals surface area (Å²) in [5.41, 5.74) is -2.10. The molecule has 0 aromatic heterocycles. The molecule has 0 aliphatic carbocycles. The summed E-state index contributed by atoms with van der Waals surface area (Å²) in [6, 6.07) is 0. The molecule has 2 aliphatic rings. The number of nitrogens with zero attached hydrogens (tertiary/aromatic N) is 2. The number of amides is 1. The van der Waals surface area contributed by atoms with Crippen LogP contribution < -0.4 is 0 Å². The Morgan fingerprint density at radius 2 is 2.41 bits per heavy atom. The van der Waals surface area contributed by atoms with Gasteiger partial charge in [-0.25, -0.2) is 9.79 Å². The Kier molecular flexibility index (Phi) is 2.81. The Bertz CT molecular complexity index is 452. The zero-order valence-electron chi connectivity index (χ0n) is 9.29. The third-order valence-corrected chi connectivity index (χ3v) is 2.41. The highest BCUT2D eigenvalue weighted by Crippen LogP contribution is 2.24. The first kappa shape index (κ1) is 11.5. The number of aliphatic hydroxyl groups is 1. The van der Waals surface area contributed by atoms with Gasteiger partial charge in [-0.1, -0.05) is 6.08 Å². The zero-order valence-corrected chi connectivity index (χ0v) is 9.29. The van der Waals surface area contributed by atoms with Crippen molar-refractivity contribution in [3.05, 3.63) is 24.4 Å². The number of rotatable bonds is 2. The molecule has 1 N–H and O–H groups in total. The number of fused-ring (bicyclic) bond motifs is 1. The molecular weight excluding hydrogens is 224 g/mol. The van der Waals surface area contributed by atoms with Crippen LogP contribution in [0.15, 0.2) is 29.4 Å². The molecule has 0 radical (unpaired) electrons. The SMILES string of the molecule is CCOC(=O)C1(O)CC(=O)N2C=CC=CC2=N1. The highest BCUT2D eigenvalue weighted by Gasteiger charge is 2.45. The van der Waals surface area contributed by atoms with Gasteiger partial charge in [0.05, 0.1) is 13.0 Å². The summed E-state index contributed by atoms with van der Waals surface area (Å²) in [5, 5.41) is 10.0. The molecule has 90 valence electrons. The number of carbonyl (C=O) groups is 2. The molecular formula is C11H12N2O4. The maximum Gasteiger partial charge on any atom is 0.362 e. The van der Waals surface area contributed by atoms with Crippen molar-refractivity contribution < 1.29 is 19.4 Å². The molecule has 1 atom stereocenters. The smallest absolute Gasteiger partial charge is 0.362 e. The third-order valence-electron chi connectivity index (χ3n) is 2.41. The van der Waals surface area contributed by atoms with Gasteiger partial charge in [-0.2, -0.15) is 0 Å². The molecule has 0 fully saturated rings. The number of allylic oxidation sites excluding steroid dienone is 2. The lowest BCUT2D eigenvalue weighted by Crippen LogP contribution is -2.50. The molecule has 2 heterocycles. The Hall–Kier alpha value is -1.95. The number of esters is 1. The van der Waals surface area contributed by atoms with Gasteiger partial charge in [0.25, 0.3) is 5.72 Å². The van der Waals surface area contributed by atoms with Crippen molar-refractivity contribution in [1.82, 2.24) is 4.90 Å². The number of ether oxygens (including phenoxy) is 1. The molecule has 0 aromatic carbocycles. The zero-order chi connectivity index (χ0) is 12.5. The van der Waals surface area contributed by atoms with Gasteiger partial charge < -0.3 is 9.84 Å². The summed E-state index contributed by atoms with van der Waals surface area (Å²) in [4.78, 5) is 28.4. The minimum atomic E-state index is -2.10. The molecule has 6 heteroatoms. The molecule has 2 rings (SSSR count). The molecule has 0 saturated heterocycles. The lowest BCUT2D eigenvalue weighted by Gasteiger charge is -2.32. The predicted molar refractivity (Wildman–Crippen MR) is 58.8 cm³/mol. The quantitative estimate of drug-likeness (QED) is 0.682. The number of hydrogen-bond donors (Lipinski definition) is 1. The lowest BCUT2D eigenvalue weighted by molar-refractivity contribution is -0.168. The molecule has 17 heavy (non-hydrogen) atoms. The number of hydrogen-bond acceptors (Lipinski definition) is 5. The van der Waals surface area contributed by atoms with Gasteiger partial charge in [0, 0.05) is 6.20 Å². The Morgan fingerprint density at radius 3 is 3.12 bits per heavy atom. The molecule has 0 spiro atoms. The van der Waals surface area contributed by atoms with Crippen LogP contribution >= 0.6 is 0 Å². The average Bonchev–Trinajstić information content (AvgIpc) is 2.29. The van der Waals surface area contributed by atoms with E-state index in [4.69, 9.17) is 4.74 Å². The second-order valence-corrected chi connectivity index (χ2v) is 3.65. The van der Waals surface area contributed by atoms with Crippen molar-refractivity contribution in [2.24, 2.45) is 4.99 Å². The van der Waals surface area contributed by atoms with Gasteiger partial charge in [0.15, 0.2) is 0 Å². The summed E-state index contributed by atoms with van der Waals surface area (Å²) in [6.45, 7) is 1.74. The fourth-order valence-electron chi connectivity index (χ4n) is 1.63.